The Labute approximate surface area is 71.9 Å². The summed E-state index contributed by atoms with van der Waals surface area (Å²) in [4.78, 5) is 0. The van der Waals surface area contributed by atoms with Crippen molar-refractivity contribution in [2.45, 2.75) is 23.7 Å². The second-order valence-corrected chi connectivity index (χ2v) is 5.97. The second-order valence-electron chi connectivity index (χ2n) is 3.66. The molecule has 4 nitrogen and oxygen atoms in total. The SMILES string of the molecule is O=S1(=O)CCNCC1C1(O)CC1. The Morgan fingerprint density at radius 1 is 1.42 bits per heavy atom. The highest BCUT2D eigenvalue weighted by atomic mass is 32.2. The van der Waals surface area contributed by atoms with E-state index in [1.807, 2.05) is 0 Å². The molecule has 0 spiro atoms. The molecule has 1 aliphatic carbocycles. The van der Waals surface area contributed by atoms with Gasteiger partial charge in [0.25, 0.3) is 0 Å². The van der Waals surface area contributed by atoms with Gasteiger partial charge >= 0.3 is 0 Å². The molecular formula is C7H13NO3S. The molecule has 0 amide bonds. The van der Waals surface area contributed by atoms with E-state index < -0.39 is 20.7 Å². The molecule has 1 unspecified atom stereocenters. The van der Waals surface area contributed by atoms with Crippen LogP contribution in [0.2, 0.25) is 0 Å². The topological polar surface area (TPSA) is 66.4 Å². The molecule has 0 radical (unpaired) electrons. The van der Waals surface area contributed by atoms with Crippen LogP contribution >= 0.6 is 0 Å². The molecule has 5 heteroatoms. The van der Waals surface area contributed by atoms with Gasteiger partial charge in [-0.25, -0.2) is 8.42 Å². The van der Waals surface area contributed by atoms with Gasteiger partial charge in [0.1, 0.15) is 5.25 Å². The zero-order valence-corrected chi connectivity index (χ0v) is 7.60. The number of hydrogen-bond acceptors (Lipinski definition) is 4. The summed E-state index contributed by atoms with van der Waals surface area (Å²) in [5.74, 6) is 0.167. The van der Waals surface area contributed by atoms with Gasteiger partial charge in [-0.2, -0.15) is 0 Å². The molecule has 2 aliphatic rings. The zero-order chi connectivity index (χ0) is 8.82. The minimum Gasteiger partial charge on any atom is -0.388 e. The van der Waals surface area contributed by atoms with Crippen molar-refractivity contribution in [1.82, 2.24) is 5.32 Å². The largest absolute Gasteiger partial charge is 0.388 e. The highest BCUT2D eigenvalue weighted by Crippen LogP contribution is 2.41. The van der Waals surface area contributed by atoms with Gasteiger partial charge < -0.3 is 10.4 Å². The Balaban J connectivity index is 2.22. The van der Waals surface area contributed by atoms with E-state index in [1.165, 1.54) is 0 Å². The van der Waals surface area contributed by atoms with E-state index in [9.17, 15) is 13.5 Å². The fourth-order valence-electron chi connectivity index (χ4n) is 1.69. The Morgan fingerprint density at radius 3 is 2.58 bits per heavy atom. The lowest BCUT2D eigenvalue weighted by atomic mass is 10.2. The van der Waals surface area contributed by atoms with Gasteiger partial charge in [0.15, 0.2) is 9.84 Å². The van der Waals surface area contributed by atoms with Crippen molar-refractivity contribution >= 4 is 9.84 Å². The van der Waals surface area contributed by atoms with Gasteiger partial charge in [-0.15, -0.1) is 0 Å². The third kappa shape index (κ3) is 1.26. The summed E-state index contributed by atoms with van der Waals surface area (Å²) >= 11 is 0. The minimum atomic E-state index is -3.03. The maximum Gasteiger partial charge on any atom is 0.158 e. The Morgan fingerprint density at radius 2 is 2.08 bits per heavy atom. The van der Waals surface area contributed by atoms with Gasteiger partial charge in [-0.1, -0.05) is 0 Å². The predicted octanol–water partition coefficient (Wildman–Crippen LogP) is -1.10. The van der Waals surface area contributed by atoms with Crippen LogP contribution in [0.5, 0.6) is 0 Å². The third-order valence-corrected chi connectivity index (χ3v) is 4.93. The van der Waals surface area contributed by atoms with Crippen molar-refractivity contribution in [3.8, 4) is 0 Å². The normalized spacial score (nSPS) is 37.6. The van der Waals surface area contributed by atoms with E-state index in [2.05, 4.69) is 5.32 Å². The van der Waals surface area contributed by atoms with Crippen LogP contribution in [0.1, 0.15) is 12.8 Å². The van der Waals surface area contributed by atoms with Crippen molar-refractivity contribution in [3.63, 3.8) is 0 Å². The summed E-state index contributed by atoms with van der Waals surface area (Å²) in [6.45, 7) is 0.938. The van der Waals surface area contributed by atoms with Crippen LogP contribution in [0, 0.1) is 0 Å². The van der Waals surface area contributed by atoms with Crippen molar-refractivity contribution in [2.24, 2.45) is 0 Å². The fraction of sp³-hybridized carbons (Fsp3) is 1.00. The summed E-state index contributed by atoms with van der Waals surface area (Å²) in [7, 11) is -3.03. The van der Waals surface area contributed by atoms with Gasteiger partial charge in [-0.05, 0) is 12.8 Å². The molecule has 0 aromatic heterocycles. The molecule has 2 rings (SSSR count). The van der Waals surface area contributed by atoms with E-state index in [-0.39, 0.29) is 5.75 Å². The van der Waals surface area contributed by atoms with Crippen LogP contribution in [-0.4, -0.2) is 43.2 Å². The molecule has 1 heterocycles. The van der Waals surface area contributed by atoms with Crippen LogP contribution in [0.3, 0.4) is 0 Å². The van der Waals surface area contributed by atoms with Crippen LogP contribution in [0.25, 0.3) is 0 Å². The average Bonchev–Trinajstić information content (AvgIpc) is 2.67. The molecule has 0 aromatic carbocycles. The maximum atomic E-state index is 11.5. The second kappa shape index (κ2) is 2.43. The molecule has 1 saturated carbocycles. The lowest BCUT2D eigenvalue weighted by Gasteiger charge is -2.27. The molecule has 2 fully saturated rings. The van der Waals surface area contributed by atoms with E-state index in [4.69, 9.17) is 0 Å². The minimum absolute atomic E-state index is 0.167. The van der Waals surface area contributed by atoms with Crippen molar-refractivity contribution in [1.29, 1.82) is 0 Å². The first-order valence-electron chi connectivity index (χ1n) is 4.19. The van der Waals surface area contributed by atoms with E-state index in [0.29, 0.717) is 25.9 Å². The molecule has 1 atom stereocenters. The predicted molar refractivity (Wildman–Crippen MR) is 44.6 cm³/mol. The quantitative estimate of drug-likeness (QED) is 0.552. The summed E-state index contributed by atoms with van der Waals surface area (Å²) in [5, 5.41) is 12.1. The highest BCUT2D eigenvalue weighted by Gasteiger charge is 2.53. The Bertz CT molecular complexity index is 281. The molecule has 0 aromatic rings. The smallest absolute Gasteiger partial charge is 0.158 e. The van der Waals surface area contributed by atoms with Gasteiger partial charge in [-0.3, -0.25) is 0 Å². The first-order valence-corrected chi connectivity index (χ1v) is 5.91. The highest BCUT2D eigenvalue weighted by molar-refractivity contribution is 7.92. The molecule has 2 N–H and O–H groups in total. The molecule has 70 valence electrons. The standard InChI is InChI=1S/C7H13NO3S/c9-7(1-2-7)6-5-8-3-4-12(6,10)11/h6,8-9H,1-5H2. The van der Waals surface area contributed by atoms with Crippen molar-refractivity contribution < 1.29 is 13.5 Å². The fourth-order valence-corrected chi connectivity index (χ4v) is 3.68. The summed E-state index contributed by atoms with van der Waals surface area (Å²) < 4.78 is 22.9. The van der Waals surface area contributed by atoms with Crippen molar-refractivity contribution in [3.05, 3.63) is 0 Å². The first-order chi connectivity index (χ1) is 5.55. The number of nitrogens with one attached hydrogen (secondary N) is 1. The summed E-state index contributed by atoms with van der Waals surface area (Å²) in [5.41, 5.74) is -0.897. The van der Waals surface area contributed by atoms with E-state index >= 15 is 0 Å². The van der Waals surface area contributed by atoms with Gasteiger partial charge in [0.2, 0.25) is 0 Å². The molecule has 12 heavy (non-hydrogen) atoms. The molecule has 1 saturated heterocycles. The number of hydrogen-bond donors (Lipinski definition) is 2. The van der Waals surface area contributed by atoms with Crippen LogP contribution in [0.15, 0.2) is 0 Å². The molecule has 1 aliphatic heterocycles. The maximum absolute atomic E-state index is 11.5. The summed E-state index contributed by atoms with van der Waals surface area (Å²) in [6, 6.07) is 0. The summed E-state index contributed by atoms with van der Waals surface area (Å²) in [6.07, 6.45) is 1.27. The lowest BCUT2D eigenvalue weighted by molar-refractivity contribution is 0.141. The average molecular weight is 191 g/mol. The Hall–Kier alpha value is -0.130. The molecular weight excluding hydrogens is 178 g/mol. The van der Waals surface area contributed by atoms with Crippen LogP contribution < -0.4 is 5.32 Å². The van der Waals surface area contributed by atoms with E-state index in [0.717, 1.165) is 0 Å². The Kier molecular flexibility index (Phi) is 1.72. The first kappa shape index (κ1) is 8.47. The van der Waals surface area contributed by atoms with Crippen LogP contribution in [-0.2, 0) is 9.84 Å². The number of aliphatic hydroxyl groups is 1. The molecule has 0 bridgehead atoms. The lowest BCUT2D eigenvalue weighted by Crippen LogP contribution is -2.51. The van der Waals surface area contributed by atoms with E-state index in [1.54, 1.807) is 0 Å². The van der Waals surface area contributed by atoms with Gasteiger partial charge in [0.05, 0.1) is 11.4 Å². The van der Waals surface area contributed by atoms with Crippen LogP contribution in [0.4, 0.5) is 0 Å². The zero-order valence-electron chi connectivity index (χ0n) is 6.78. The number of sulfone groups is 1. The monoisotopic (exact) mass is 191 g/mol. The third-order valence-electron chi connectivity index (χ3n) is 2.69. The van der Waals surface area contributed by atoms with Gasteiger partial charge in [0, 0.05) is 13.1 Å². The van der Waals surface area contributed by atoms with Crippen molar-refractivity contribution in [2.75, 3.05) is 18.8 Å². The number of rotatable bonds is 1.